The third-order valence-electron chi connectivity index (χ3n) is 3.71. The zero-order valence-corrected chi connectivity index (χ0v) is 13.7. The molecule has 5 heteroatoms. The Kier molecular flexibility index (Phi) is 5.26. The van der Waals surface area contributed by atoms with Gasteiger partial charge >= 0.3 is 0 Å². The lowest BCUT2D eigenvalue weighted by Gasteiger charge is -2.04. The van der Waals surface area contributed by atoms with E-state index in [0.717, 1.165) is 16.5 Å². The van der Waals surface area contributed by atoms with Crippen molar-refractivity contribution in [1.82, 2.24) is 15.6 Å². The molecule has 1 heterocycles. The second-order valence-electron chi connectivity index (χ2n) is 5.56. The van der Waals surface area contributed by atoms with E-state index in [2.05, 4.69) is 15.6 Å². The van der Waals surface area contributed by atoms with Gasteiger partial charge in [-0.15, -0.1) is 0 Å². The molecular formula is C20H19N3O2. The fourth-order valence-electron chi connectivity index (χ4n) is 2.45. The van der Waals surface area contributed by atoms with Crippen LogP contribution < -0.4 is 10.6 Å². The summed E-state index contributed by atoms with van der Waals surface area (Å²) in [5.41, 5.74) is 2.40. The van der Waals surface area contributed by atoms with Gasteiger partial charge in [0.05, 0.1) is 0 Å². The summed E-state index contributed by atoms with van der Waals surface area (Å²) in [5.74, 6) is -0.381. The largest absolute Gasteiger partial charge is 0.351 e. The van der Waals surface area contributed by atoms with E-state index in [4.69, 9.17) is 0 Å². The second-order valence-corrected chi connectivity index (χ2v) is 5.56. The lowest BCUT2D eigenvalue weighted by molar-refractivity contribution is -0.116. The Labute approximate surface area is 145 Å². The minimum atomic E-state index is -0.191. The molecule has 2 amide bonds. The lowest BCUT2D eigenvalue weighted by Crippen LogP contribution is -2.34. The smallest absolute Gasteiger partial charge is 0.267 e. The first-order chi connectivity index (χ1) is 12.2. The van der Waals surface area contributed by atoms with Gasteiger partial charge in [-0.25, -0.2) is 0 Å². The summed E-state index contributed by atoms with van der Waals surface area (Å²) in [7, 11) is 0. The number of H-pyrrole nitrogens is 1. The summed E-state index contributed by atoms with van der Waals surface area (Å²) in [6.45, 7) is 0.725. The Bertz CT molecular complexity index is 864. The molecule has 0 bridgehead atoms. The van der Waals surface area contributed by atoms with E-state index in [1.54, 1.807) is 6.08 Å². The van der Waals surface area contributed by atoms with Gasteiger partial charge < -0.3 is 15.6 Å². The minimum absolute atomic E-state index is 0.190. The van der Waals surface area contributed by atoms with Gasteiger partial charge in [-0.1, -0.05) is 48.5 Å². The van der Waals surface area contributed by atoms with E-state index in [1.807, 2.05) is 60.7 Å². The van der Waals surface area contributed by atoms with Gasteiger partial charge in [-0.05, 0) is 23.8 Å². The van der Waals surface area contributed by atoms with Crippen LogP contribution in [-0.2, 0) is 4.79 Å². The maximum Gasteiger partial charge on any atom is 0.267 e. The van der Waals surface area contributed by atoms with Gasteiger partial charge in [0.1, 0.15) is 5.69 Å². The van der Waals surface area contributed by atoms with Gasteiger partial charge in [0.15, 0.2) is 0 Å². The van der Waals surface area contributed by atoms with Crippen LogP contribution in [0.15, 0.2) is 66.7 Å². The first kappa shape index (κ1) is 16.5. The normalized spacial score (nSPS) is 10.9. The number of aromatic amines is 1. The van der Waals surface area contributed by atoms with Crippen molar-refractivity contribution < 1.29 is 9.59 Å². The van der Waals surface area contributed by atoms with Crippen molar-refractivity contribution in [2.24, 2.45) is 0 Å². The predicted molar refractivity (Wildman–Crippen MR) is 99.1 cm³/mol. The number of nitrogens with one attached hydrogen (secondary N) is 3. The molecule has 0 saturated heterocycles. The molecule has 0 radical (unpaired) electrons. The van der Waals surface area contributed by atoms with Gasteiger partial charge in [0.2, 0.25) is 5.91 Å². The van der Waals surface area contributed by atoms with Gasteiger partial charge in [0.25, 0.3) is 5.91 Å². The van der Waals surface area contributed by atoms with Crippen molar-refractivity contribution in [2.45, 2.75) is 0 Å². The number of hydrogen-bond donors (Lipinski definition) is 3. The van der Waals surface area contributed by atoms with Crippen molar-refractivity contribution in [3.63, 3.8) is 0 Å². The molecule has 3 rings (SSSR count). The number of fused-ring (bicyclic) bond motifs is 1. The fraction of sp³-hybridized carbons (Fsp3) is 0.100. The zero-order valence-electron chi connectivity index (χ0n) is 13.7. The highest BCUT2D eigenvalue weighted by Gasteiger charge is 2.08. The molecule has 0 aliphatic carbocycles. The molecule has 0 aliphatic rings. The van der Waals surface area contributed by atoms with E-state index >= 15 is 0 Å². The van der Waals surface area contributed by atoms with Crippen LogP contribution in [0.4, 0.5) is 0 Å². The molecule has 3 N–H and O–H groups in total. The Balaban J connectivity index is 1.42. The van der Waals surface area contributed by atoms with Crippen molar-refractivity contribution in [3.8, 4) is 0 Å². The van der Waals surface area contributed by atoms with Crippen LogP contribution in [0.5, 0.6) is 0 Å². The monoisotopic (exact) mass is 333 g/mol. The summed E-state index contributed by atoms with van der Waals surface area (Å²) in [4.78, 5) is 26.9. The van der Waals surface area contributed by atoms with Gasteiger partial charge in [-0.3, -0.25) is 9.59 Å². The molecule has 0 fully saturated rings. The number of para-hydroxylation sites is 1. The van der Waals surface area contributed by atoms with E-state index < -0.39 is 0 Å². The summed E-state index contributed by atoms with van der Waals surface area (Å²) < 4.78 is 0. The molecule has 3 aromatic rings. The number of amides is 2. The molecule has 0 saturated carbocycles. The van der Waals surface area contributed by atoms with E-state index in [1.165, 1.54) is 6.08 Å². The molecule has 126 valence electrons. The number of carbonyl (C=O) groups excluding carboxylic acids is 2. The highest BCUT2D eigenvalue weighted by molar-refractivity contribution is 5.98. The Hall–Kier alpha value is -3.34. The zero-order chi connectivity index (χ0) is 17.5. The number of carbonyl (C=O) groups is 2. The maximum absolute atomic E-state index is 12.1. The highest BCUT2D eigenvalue weighted by Crippen LogP contribution is 2.14. The Morgan fingerprint density at radius 3 is 2.44 bits per heavy atom. The number of benzene rings is 2. The number of hydrogen-bond acceptors (Lipinski definition) is 2. The van der Waals surface area contributed by atoms with Crippen LogP contribution in [0, 0.1) is 0 Å². The molecule has 0 spiro atoms. The Morgan fingerprint density at radius 2 is 1.64 bits per heavy atom. The molecule has 1 aromatic heterocycles. The van der Waals surface area contributed by atoms with Gasteiger partial charge in [-0.2, -0.15) is 0 Å². The molecule has 0 atom stereocenters. The second kappa shape index (κ2) is 7.97. The molecular weight excluding hydrogens is 314 g/mol. The lowest BCUT2D eigenvalue weighted by atomic mass is 10.2. The molecule has 0 unspecified atom stereocenters. The van der Waals surface area contributed by atoms with Crippen LogP contribution in [-0.4, -0.2) is 29.9 Å². The summed E-state index contributed by atoms with van der Waals surface area (Å²) >= 11 is 0. The fourth-order valence-corrected chi connectivity index (χ4v) is 2.45. The standard InChI is InChI=1S/C20H19N3O2/c24-19(11-10-15-6-2-1-3-7-15)21-12-13-22-20(25)18-14-16-8-4-5-9-17(16)23-18/h1-11,14,23H,12-13H2,(H,21,24)(H,22,25). The van der Waals surface area contributed by atoms with Crippen LogP contribution >= 0.6 is 0 Å². The summed E-state index contributed by atoms with van der Waals surface area (Å²) in [5, 5.41) is 6.51. The molecule has 2 aromatic carbocycles. The van der Waals surface area contributed by atoms with Crippen molar-refractivity contribution in [3.05, 3.63) is 78.0 Å². The van der Waals surface area contributed by atoms with Crippen molar-refractivity contribution in [1.29, 1.82) is 0 Å². The number of aromatic nitrogens is 1. The Morgan fingerprint density at radius 1 is 0.920 bits per heavy atom. The van der Waals surface area contributed by atoms with Crippen molar-refractivity contribution in [2.75, 3.05) is 13.1 Å². The molecule has 0 aliphatic heterocycles. The van der Waals surface area contributed by atoms with Crippen LogP contribution in [0.2, 0.25) is 0 Å². The first-order valence-electron chi connectivity index (χ1n) is 8.09. The van der Waals surface area contributed by atoms with Crippen LogP contribution in [0.25, 0.3) is 17.0 Å². The average Bonchev–Trinajstić information content (AvgIpc) is 3.08. The highest BCUT2D eigenvalue weighted by atomic mass is 16.2. The van der Waals surface area contributed by atoms with E-state index in [0.29, 0.717) is 18.8 Å². The molecule has 25 heavy (non-hydrogen) atoms. The predicted octanol–water partition coefficient (Wildman–Crippen LogP) is 2.73. The first-order valence-corrected chi connectivity index (χ1v) is 8.09. The van der Waals surface area contributed by atoms with E-state index in [-0.39, 0.29) is 11.8 Å². The average molecular weight is 333 g/mol. The van der Waals surface area contributed by atoms with Crippen LogP contribution in [0.1, 0.15) is 16.1 Å². The third-order valence-corrected chi connectivity index (χ3v) is 3.71. The van der Waals surface area contributed by atoms with Crippen LogP contribution in [0.3, 0.4) is 0 Å². The molecule has 5 nitrogen and oxygen atoms in total. The summed E-state index contributed by atoms with van der Waals surface area (Å²) in [6.07, 6.45) is 3.23. The topological polar surface area (TPSA) is 74.0 Å². The van der Waals surface area contributed by atoms with Crippen molar-refractivity contribution >= 4 is 28.8 Å². The number of rotatable bonds is 6. The van der Waals surface area contributed by atoms with Gasteiger partial charge in [0, 0.05) is 30.1 Å². The maximum atomic E-state index is 12.1. The quantitative estimate of drug-likeness (QED) is 0.479. The third kappa shape index (κ3) is 4.57. The minimum Gasteiger partial charge on any atom is -0.351 e. The summed E-state index contributed by atoms with van der Waals surface area (Å²) in [6, 6.07) is 19.1. The van der Waals surface area contributed by atoms with E-state index in [9.17, 15) is 9.59 Å². The SMILES string of the molecule is O=C(C=Cc1ccccc1)NCCNC(=O)c1cc2ccccc2[nH]1.